The van der Waals surface area contributed by atoms with Crippen LogP contribution in [0, 0.1) is 0 Å². The lowest BCUT2D eigenvalue weighted by Gasteiger charge is -2.16. The van der Waals surface area contributed by atoms with Crippen molar-refractivity contribution in [1.82, 2.24) is 14.4 Å². The second-order valence-electron chi connectivity index (χ2n) is 15.1. The fraction of sp³-hybridized carbons (Fsp3) is 0.0175. The highest BCUT2D eigenvalue weighted by Crippen LogP contribution is 2.41. The van der Waals surface area contributed by atoms with E-state index in [1.165, 1.54) is 27.1 Å². The van der Waals surface area contributed by atoms with Crippen LogP contribution in [0.1, 0.15) is 12.6 Å². The quantitative estimate of drug-likeness (QED) is 0.108. The molecule has 0 spiro atoms. The van der Waals surface area contributed by atoms with Crippen molar-refractivity contribution in [3.63, 3.8) is 0 Å². The zero-order valence-electron chi connectivity index (χ0n) is 33.3. The van der Waals surface area contributed by atoms with Gasteiger partial charge in [-0.3, -0.25) is 4.40 Å². The van der Waals surface area contributed by atoms with Crippen molar-refractivity contribution < 1.29 is 0 Å². The average Bonchev–Trinajstić information content (AvgIpc) is 3.71. The zero-order chi connectivity index (χ0) is 40.4. The van der Waals surface area contributed by atoms with Crippen LogP contribution in [0.5, 0.6) is 0 Å². The first kappa shape index (κ1) is 36.5. The number of hydrogen-bond donors (Lipinski definition) is 0. The lowest BCUT2D eigenvalue weighted by Crippen LogP contribution is -1.94. The lowest BCUT2D eigenvalue weighted by molar-refractivity contribution is 1.19. The summed E-state index contributed by atoms with van der Waals surface area (Å²) >= 11 is 0. The summed E-state index contributed by atoms with van der Waals surface area (Å²) in [4.78, 5) is 10.4. The number of fused-ring (bicyclic) bond motifs is 4. The molecule has 3 heterocycles. The van der Waals surface area contributed by atoms with E-state index < -0.39 is 0 Å². The minimum absolute atomic E-state index is 0.913. The largest absolute Gasteiger partial charge is 0.299 e. The van der Waals surface area contributed by atoms with Crippen molar-refractivity contribution in [3.8, 4) is 67.2 Å². The first-order chi connectivity index (χ1) is 29.6. The van der Waals surface area contributed by atoms with E-state index in [9.17, 15) is 0 Å². The van der Waals surface area contributed by atoms with Crippen LogP contribution < -0.4 is 0 Å². The van der Waals surface area contributed by atoms with E-state index >= 15 is 0 Å². The van der Waals surface area contributed by atoms with Crippen LogP contribution in [-0.2, 0) is 0 Å². The summed E-state index contributed by atoms with van der Waals surface area (Å²) in [5.41, 5.74) is 15.9. The minimum atomic E-state index is 0.913. The molecule has 0 amide bonds. The van der Waals surface area contributed by atoms with Gasteiger partial charge in [-0.2, -0.15) is 0 Å². The van der Waals surface area contributed by atoms with Gasteiger partial charge in [-0.05, 0) is 122 Å². The fourth-order valence-electron chi connectivity index (χ4n) is 8.34. The molecule has 10 aromatic rings. The second kappa shape index (κ2) is 15.8. The van der Waals surface area contributed by atoms with Crippen molar-refractivity contribution in [1.29, 1.82) is 0 Å². The third-order valence-corrected chi connectivity index (χ3v) is 11.3. The summed E-state index contributed by atoms with van der Waals surface area (Å²) in [5, 5.41) is 4.93. The van der Waals surface area contributed by atoms with Crippen LogP contribution in [-0.4, -0.2) is 14.4 Å². The predicted octanol–water partition coefficient (Wildman–Crippen LogP) is 15.2. The summed E-state index contributed by atoms with van der Waals surface area (Å²) in [5.74, 6) is 0. The number of benzene rings is 7. The third-order valence-electron chi connectivity index (χ3n) is 11.3. The summed E-state index contributed by atoms with van der Waals surface area (Å²) in [7, 11) is 0. The average molecular weight is 768 g/mol. The number of allylic oxidation sites excluding steroid dienone is 5. The topological polar surface area (TPSA) is 30.2 Å². The predicted molar refractivity (Wildman–Crippen MR) is 254 cm³/mol. The molecule has 0 saturated heterocycles. The van der Waals surface area contributed by atoms with Gasteiger partial charge in [-0.15, -0.1) is 0 Å². The van der Waals surface area contributed by atoms with Crippen LogP contribution >= 0.6 is 0 Å². The Morgan fingerprint density at radius 2 is 1.10 bits per heavy atom. The van der Waals surface area contributed by atoms with Gasteiger partial charge in [-0.1, -0.05) is 164 Å². The zero-order valence-corrected chi connectivity index (χ0v) is 33.3. The molecule has 284 valence electrons. The SMILES string of the molecule is C=C/C=C\C=C(/C)c1cc(-c2cc(-c3cccc(-c4c(-c5ccccc5)nc5ccccn45)c3)cc(-c3cc4ccccc4c4ccccc34)c2)cc(-c2ccccc2)n1. The van der Waals surface area contributed by atoms with E-state index in [0.717, 1.165) is 78.5 Å². The van der Waals surface area contributed by atoms with Gasteiger partial charge in [0, 0.05) is 22.9 Å². The molecule has 0 N–H and O–H groups in total. The molecule has 0 unspecified atom stereocenters. The van der Waals surface area contributed by atoms with E-state index in [1.807, 2.05) is 24.3 Å². The molecule has 0 radical (unpaired) electrons. The second-order valence-corrected chi connectivity index (χ2v) is 15.1. The van der Waals surface area contributed by atoms with Gasteiger partial charge in [-0.25, -0.2) is 9.97 Å². The molecule has 0 aliphatic heterocycles. The van der Waals surface area contributed by atoms with Gasteiger partial charge < -0.3 is 0 Å². The molecule has 10 rings (SSSR count). The molecule has 0 aliphatic carbocycles. The Labute approximate surface area is 350 Å². The highest BCUT2D eigenvalue weighted by molar-refractivity contribution is 6.14. The molecule has 0 bridgehead atoms. The van der Waals surface area contributed by atoms with Gasteiger partial charge in [0.2, 0.25) is 0 Å². The van der Waals surface area contributed by atoms with Crippen molar-refractivity contribution in [2.24, 2.45) is 0 Å². The van der Waals surface area contributed by atoms with Gasteiger partial charge in [0.05, 0.1) is 22.8 Å². The molecule has 0 aliphatic rings. The normalized spacial score (nSPS) is 11.8. The first-order valence-corrected chi connectivity index (χ1v) is 20.3. The Bertz CT molecular complexity index is 3280. The molecule has 3 aromatic heterocycles. The number of hydrogen-bond acceptors (Lipinski definition) is 2. The molecule has 0 fully saturated rings. The molecular formula is C57H41N3. The summed E-state index contributed by atoms with van der Waals surface area (Å²) in [6, 6.07) is 67.4. The molecule has 0 atom stereocenters. The maximum absolute atomic E-state index is 5.21. The number of imidazole rings is 1. The fourth-order valence-corrected chi connectivity index (χ4v) is 8.34. The lowest BCUT2D eigenvalue weighted by atomic mass is 9.88. The Morgan fingerprint density at radius 1 is 0.483 bits per heavy atom. The third kappa shape index (κ3) is 6.93. The monoisotopic (exact) mass is 767 g/mol. The smallest absolute Gasteiger partial charge is 0.137 e. The van der Waals surface area contributed by atoms with Crippen LogP contribution in [0.3, 0.4) is 0 Å². The maximum Gasteiger partial charge on any atom is 0.137 e. The van der Waals surface area contributed by atoms with Crippen molar-refractivity contribution in [2.45, 2.75) is 6.92 Å². The van der Waals surface area contributed by atoms with Crippen LogP contribution in [0.25, 0.3) is 99.9 Å². The van der Waals surface area contributed by atoms with E-state index in [1.54, 1.807) is 6.08 Å². The van der Waals surface area contributed by atoms with Crippen molar-refractivity contribution >= 4 is 32.8 Å². The number of pyridine rings is 2. The minimum Gasteiger partial charge on any atom is -0.299 e. The summed E-state index contributed by atoms with van der Waals surface area (Å²) in [6.45, 7) is 5.97. The molecular weight excluding hydrogens is 727 g/mol. The highest BCUT2D eigenvalue weighted by Gasteiger charge is 2.18. The maximum atomic E-state index is 5.21. The van der Waals surface area contributed by atoms with Crippen molar-refractivity contribution in [3.05, 3.63) is 231 Å². The molecule has 0 saturated carbocycles. The van der Waals surface area contributed by atoms with E-state index in [4.69, 9.17) is 9.97 Å². The highest BCUT2D eigenvalue weighted by atomic mass is 15.0. The van der Waals surface area contributed by atoms with Gasteiger partial charge in [0.25, 0.3) is 0 Å². The first-order valence-electron chi connectivity index (χ1n) is 20.3. The van der Waals surface area contributed by atoms with Gasteiger partial charge in [0.1, 0.15) is 5.65 Å². The van der Waals surface area contributed by atoms with E-state index in [0.29, 0.717) is 0 Å². The van der Waals surface area contributed by atoms with E-state index in [2.05, 4.69) is 206 Å². The van der Waals surface area contributed by atoms with Crippen LogP contribution in [0.2, 0.25) is 0 Å². The number of aromatic nitrogens is 3. The Morgan fingerprint density at radius 3 is 1.90 bits per heavy atom. The molecule has 7 aromatic carbocycles. The van der Waals surface area contributed by atoms with Gasteiger partial charge in [0.15, 0.2) is 0 Å². The number of rotatable bonds is 9. The van der Waals surface area contributed by atoms with E-state index in [-0.39, 0.29) is 0 Å². The summed E-state index contributed by atoms with van der Waals surface area (Å²) in [6.07, 6.45) is 9.96. The standard InChI is InChI=1S/C57H41N3/c1-3-4-7-19-39(2)53-37-47(38-54(58-53)40-20-8-5-9-21-40)46-33-45(34-48(35-46)52-36-43-24-12-13-27-49(43)50-28-14-15-29-51(50)52)42-25-18-26-44(32-42)57-56(41-22-10-6-11-23-41)59-55-30-16-17-31-60(55)57/h3-38H,1H2,2H3/b7-4-,39-19+. The van der Waals surface area contributed by atoms with Gasteiger partial charge >= 0.3 is 0 Å². The Balaban J connectivity index is 1.22. The molecule has 60 heavy (non-hydrogen) atoms. The number of nitrogens with zero attached hydrogens (tertiary/aromatic N) is 3. The van der Waals surface area contributed by atoms with Crippen LogP contribution in [0.15, 0.2) is 225 Å². The Kier molecular flexibility index (Phi) is 9.61. The summed E-state index contributed by atoms with van der Waals surface area (Å²) < 4.78 is 2.20. The van der Waals surface area contributed by atoms with Crippen LogP contribution in [0.4, 0.5) is 0 Å². The molecule has 3 heteroatoms. The Hall–Kier alpha value is -7.88. The van der Waals surface area contributed by atoms with Crippen molar-refractivity contribution in [2.75, 3.05) is 0 Å². The molecule has 3 nitrogen and oxygen atoms in total.